The first-order valence-electron chi connectivity index (χ1n) is 3.83. The van der Waals surface area contributed by atoms with Crippen LogP contribution in [0.3, 0.4) is 0 Å². The molecule has 0 N–H and O–H groups in total. The van der Waals surface area contributed by atoms with E-state index in [1.54, 1.807) is 0 Å². The summed E-state index contributed by atoms with van der Waals surface area (Å²) in [5.74, 6) is -2.75. The van der Waals surface area contributed by atoms with Gasteiger partial charge < -0.3 is 4.52 Å². The van der Waals surface area contributed by atoms with Crippen LogP contribution in [0.5, 0.6) is 0 Å². The Bertz CT molecular complexity index is 306. The highest BCUT2D eigenvalue weighted by Gasteiger charge is 2.38. The van der Waals surface area contributed by atoms with Gasteiger partial charge in [0.05, 0.1) is 0 Å². The third-order valence-electron chi connectivity index (χ3n) is 0.983. The summed E-state index contributed by atoms with van der Waals surface area (Å²) in [4.78, 5) is 13.3. The predicted molar refractivity (Wildman–Crippen MR) is 40.7 cm³/mol. The lowest BCUT2D eigenvalue weighted by molar-refractivity contribution is -0.159. The Kier molecular flexibility index (Phi) is 4.26. The summed E-state index contributed by atoms with van der Waals surface area (Å²) in [5.41, 5.74) is 0. The van der Waals surface area contributed by atoms with E-state index in [4.69, 9.17) is 0 Å². The van der Waals surface area contributed by atoms with Crippen molar-refractivity contribution in [2.45, 2.75) is 26.9 Å². The van der Waals surface area contributed by atoms with Gasteiger partial charge in [0.15, 0.2) is 0 Å². The van der Waals surface area contributed by atoms with Gasteiger partial charge in [-0.1, -0.05) is 19.0 Å². The second-order valence-corrected chi connectivity index (χ2v) is 1.98. The SMILES string of the molecule is CC.CC(=O)c1noc(C(F)(F)F)n1. The molecule has 4 nitrogen and oxygen atoms in total. The van der Waals surface area contributed by atoms with Crippen LogP contribution in [0.15, 0.2) is 4.52 Å². The molecule has 1 aromatic rings. The normalized spacial score (nSPS) is 10.4. The fraction of sp³-hybridized carbons (Fsp3) is 0.571. The molecule has 7 heteroatoms. The van der Waals surface area contributed by atoms with Crippen molar-refractivity contribution in [1.82, 2.24) is 10.1 Å². The molecule has 0 saturated heterocycles. The van der Waals surface area contributed by atoms with Crippen molar-refractivity contribution in [2.24, 2.45) is 0 Å². The van der Waals surface area contributed by atoms with Gasteiger partial charge in [0.1, 0.15) is 0 Å². The third kappa shape index (κ3) is 3.15. The molecule has 0 spiro atoms. The second-order valence-electron chi connectivity index (χ2n) is 1.98. The van der Waals surface area contributed by atoms with Crippen LogP contribution in [0, 0.1) is 0 Å². The number of carbonyl (C=O) groups is 1. The number of alkyl halides is 3. The molecule has 1 aromatic heterocycles. The number of carbonyl (C=O) groups excluding carboxylic acids is 1. The second kappa shape index (κ2) is 4.73. The molecule has 1 rings (SSSR count). The molecule has 0 unspecified atom stereocenters. The summed E-state index contributed by atoms with van der Waals surface area (Å²) >= 11 is 0. The number of hydrogen-bond acceptors (Lipinski definition) is 4. The first-order valence-corrected chi connectivity index (χ1v) is 3.83. The van der Waals surface area contributed by atoms with E-state index in [9.17, 15) is 18.0 Å². The van der Waals surface area contributed by atoms with Crippen molar-refractivity contribution >= 4 is 5.78 Å². The Morgan fingerprint density at radius 1 is 1.36 bits per heavy atom. The van der Waals surface area contributed by atoms with Crippen molar-refractivity contribution < 1.29 is 22.5 Å². The Morgan fingerprint density at radius 3 is 2.07 bits per heavy atom. The van der Waals surface area contributed by atoms with Gasteiger partial charge in [-0.25, -0.2) is 0 Å². The van der Waals surface area contributed by atoms with Crippen molar-refractivity contribution in [1.29, 1.82) is 0 Å². The van der Waals surface area contributed by atoms with Crippen LogP contribution in [-0.4, -0.2) is 15.9 Å². The molecule has 14 heavy (non-hydrogen) atoms. The zero-order valence-electron chi connectivity index (χ0n) is 7.84. The zero-order valence-corrected chi connectivity index (χ0v) is 7.84. The van der Waals surface area contributed by atoms with Crippen molar-refractivity contribution in [3.63, 3.8) is 0 Å². The van der Waals surface area contributed by atoms with E-state index < -0.39 is 23.7 Å². The minimum absolute atomic E-state index is 0.567. The van der Waals surface area contributed by atoms with Crippen molar-refractivity contribution in [3.05, 3.63) is 11.7 Å². The molecular formula is C7H9F3N2O2. The Balaban J connectivity index is 0.000000791. The minimum atomic E-state index is -4.69. The summed E-state index contributed by atoms with van der Waals surface area (Å²) in [7, 11) is 0. The van der Waals surface area contributed by atoms with E-state index in [1.165, 1.54) is 0 Å². The third-order valence-corrected chi connectivity index (χ3v) is 0.983. The van der Waals surface area contributed by atoms with Crippen LogP contribution in [0.2, 0.25) is 0 Å². The van der Waals surface area contributed by atoms with Crippen molar-refractivity contribution in [2.75, 3.05) is 0 Å². The molecule has 0 fully saturated rings. The molecule has 1 heterocycles. The molecule has 0 aromatic carbocycles. The van der Waals surface area contributed by atoms with Crippen LogP contribution in [-0.2, 0) is 6.18 Å². The summed E-state index contributed by atoms with van der Waals surface area (Å²) in [6.07, 6.45) is -4.69. The lowest BCUT2D eigenvalue weighted by Crippen LogP contribution is -2.06. The van der Waals surface area contributed by atoms with Crippen LogP contribution in [0.1, 0.15) is 37.3 Å². The standard InChI is InChI=1S/C5H3F3N2O2.C2H6/c1-2(11)3-9-4(12-10-3)5(6,7)8;1-2/h1H3;1-2H3. The van der Waals surface area contributed by atoms with Crippen LogP contribution in [0.25, 0.3) is 0 Å². The summed E-state index contributed by atoms with van der Waals surface area (Å²) < 4.78 is 39.1. The number of nitrogens with zero attached hydrogens (tertiary/aromatic N) is 2. The Morgan fingerprint density at radius 2 is 1.86 bits per heavy atom. The molecule has 0 atom stereocenters. The molecule has 0 radical (unpaired) electrons. The van der Waals surface area contributed by atoms with Crippen molar-refractivity contribution in [3.8, 4) is 0 Å². The molecule has 0 bridgehead atoms. The largest absolute Gasteiger partial charge is 0.471 e. The summed E-state index contributed by atoms with van der Waals surface area (Å²) in [6, 6.07) is 0. The first kappa shape index (κ1) is 12.6. The zero-order chi connectivity index (χ0) is 11.4. The number of hydrogen-bond donors (Lipinski definition) is 0. The highest BCUT2D eigenvalue weighted by atomic mass is 19.4. The van der Waals surface area contributed by atoms with Crippen LogP contribution < -0.4 is 0 Å². The van der Waals surface area contributed by atoms with Gasteiger partial charge in [-0.05, 0) is 0 Å². The molecule has 0 aliphatic carbocycles. The quantitative estimate of drug-likeness (QED) is 0.667. The van der Waals surface area contributed by atoms with Gasteiger partial charge in [0.2, 0.25) is 11.6 Å². The minimum Gasteiger partial charge on any atom is -0.329 e. The van der Waals surface area contributed by atoms with Crippen LogP contribution >= 0.6 is 0 Å². The van der Waals surface area contributed by atoms with E-state index >= 15 is 0 Å². The Labute approximate surface area is 78.1 Å². The molecule has 0 amide bonds. The van der Waals surface area contributed by atoms with E-state index in [1.807, 2.05) is 13.8 Å². The molecule has 0 saturated carbocycles. The Hall–Kier alpha value is -1.40. The number of halogens is 3. The van der Waals surface area contributed by atoms with E-state index in [0.717, 1.165) is 6.92 Å². The van der Waals surface area contributed by atoms with Gasteiger partial charge >= 0.3 is 12.1 Å². The van der Waals surface area contributed by atoms with Gasteiger partial charge in [-0.15, -0.1) is 0 Å². The molecule has 0 aliphatic heterocycles. The topological polar surface area (TPSA) is 56.0 Å². The average Bonchev–Trinajstić information content (AvgIpc) is 2.54. The monoisotopic (exact) mass is 210 g/mol. The van der Waals surface area contributed by atoms with E-state index in [2.05, 4.69) is 14.7 Å². The number of ketones is 1. The van der Waals surface area contributed by atoms with Gasteiger partial charge in [-0.2, -0.15) is 18.2 Å². The number of rotatable bonds is 1. The molecule has 0 aliphatic rings. The lowest BCUT2D eigenvalue weighted by Gasteiger charge is -1.95. The van der Waals surface area contributed by atoms with E-state index in [-0.39, 0.29) is 0 Å². The highest BCUT2D eigenvalue weighted by molar-refractivity contribution is 5.89. The van der Waals surface area contributed by atoms with E-state index in [0.29, 0.717) is 0 Å². The lowest BCUT2D eigenvalue weighted by atomic mass is 10.4. The number of Topliss-reactive ketones (excluding diaryl/α,β-unsaturated/α-hetero) is 1. The van der Waals surface area contributed by atoms with Crippen LogP contribution in [0.4, 0.5) is 13.2 Å². The van der Waals surface area contributed by atoms with Gasteiger partial charge in [0.25, 0.3) is 0 Å². The molecular weight excluding hydrogens is 201 g/mol. The fourth-order valence-corrected chi connectivity index (χ4v) is 0.482. The highest BCUT2D eigenvalue weighted by Crippen LogP contribution is 2.27. The summed E-state index contributed by atoms with van der Waals surface area (Å²) in [6.45, 7) is 5.05. The number of aromatic nitrogens is 2. The summed E-state index contributed by atoms with van der Waals surface area (Å²) in [5, 5.41) is 2.83. The maximum atomic E-state index is 11.8. The predicted octanol–water partition coefficient (Wildman–Crippen LogP) is 2.32. The molecule has 80 valence electrons. The van der Waals surface area contributed by atoms with Gasteiger partial charge in [-0.3, -0.25) is 4.79 Å². The van der Waals surface area contributed by atoms with Gasteiger partial charge in [0, 0.05) is 6.92 Å². The first-order chi connectivity index (χ1) is 6.41. The maximum absolute atomic E-state index is 11.8. The average molecular weight is 210 g/mol. The fourth-order valence-electron chi connectivity index (χ4n) is 0.482. The smallest absolute Gasteiger partial charge is 0.329 e. The maximum Gasteiger partial charge on any atom is 0.471 e.